The Balaban J connectivity index is 1.48. The van der Waals surface area contributed by atoms with Gasteiger partial charge in [0.25, 0.3) is 0 Å². The van der Waals surface area contributed by atoms with E-state index in [0.29, 0.717) is 35.4 Å². The lowest BCUT2D eigenvalue weighted by atomic mass is 9.90. The normalized spacial score (nSPS) is 20.9. The first-order valence-electron chi connectivity index (χ1n) is 13.1. The van der Waals surface area contributed by atoms with E-state index in [-0.39, 0.29) is 70.4 Å². The molecule has 0 saturated carbocycles. The molecule has 0 spiro atoms. The van der Waals surface area contributed by atoms with E-state index in [2.05, 4.69) is 19.8 Å². The van der Waals surface area contributed by atoms with Gasteiger partial charge >= 0.3 is 6.01 Å². The number of hydrogen-bond acceptors (Lipinski definition) is 10. The highest BCUT2D eigenvalue weighted by Gasteiger charge is 2.45. The third kappa shape index (κ3) is 3.48. The fourth-order valence-electron chi connectivity index (χ4n) is 6.66. The number of furan rings is 1. The predicted molar refractivity (Wildman–Crippen MR) is 142 cm³/mol. The van der Waals surface area contributed by atoms with Crippen LogP contribution in [0.2, 0.25) is 0 Å². The molecule has 3 aliphatic rings. The maximum absolute atomic E-state index is 16.8. The predicted octanol–water partition coefficient (Wildman–Crippen LogP) is 3.46. The molecule has 10 nitrogen and oxygen atoms in total. The smallest absolute Gasteiger partial charge is 0.318 e. The van der Waals surface area contributed by atoms with Crippen molar-refractivity contribution in [1.82, 2.24) is 14.9 Å². The molecule has 0 radical (unpaired) electrons. The van der Waals surface area contributed by atoms with Crippen LogP contribution in [0.1, 0.15) is 30.0 Å². The molecule has 7 rings (SSSR count). The number of aliphatic hydroxyl groups excluding tert-OH is 1. The fraction of sp³-hybridized carbons (Fsp3) is 0.393. The summed E-state index contributed by atoms with van der Waals surface area (Å²) < 4.78 is 49.1. The minimum Gasteiger partial charge on any atom is -0.467 e. The molecule has 12 heteroatoms. The van der Waals surface area contributed by atoms with E-state index in [9.17, 15) is 10.4 Å². The maximum atomic E-state index is 16.8. The number of nitrogen functional groups attached to an aromatic ring is 1. The van der Waals surface area contributed by atoms with Crippen LogP contribution >= 0.6 is 0 Å². The molecule has 0 amide bonds. The number of piperazine rings is 1. The molecule has 2 aromatic carbocycles. The summed E-state index contributed by atoms with van der Waals surface area (Å²) in [4.78, 5) is 13.5. The highest BCUT2D eigenvalue weighted by Crippen LogP contribution is 2.48. The summed E-state index contributed by atoms with van der Waals surface area (Å²) in [5, 5.41) is 20.3. The zero-order valence-corrected chi connectivity index (χ0v) is 21.9. The number of nitrogens with two attached hydrogens (primary N) is 1. The highest BCUT2D eigenvalue weighted by atomic mass is 19.1. The largest absolute Gasteiger partial charge is 0.467 e. The number of anilines is 2. The Kier molecular flexibility index (Phi) is 5.61. The van der Waals surface area contributed by atoms with E-state index in [1.54, 1.807) is 6.92 Å². The number of β-amino-alcohol motifs (C(OH)–C–C–N with tert-alkyl or cyclic N) is 1. The quantitative estimate of drug-likeness (QED) is 0.382. The molecule has 40 heavy (non-hydrogen) atoms. The molecule has 0 aliphatic carbocycles. The minimum atomic E-state index is -0.767. The standard InChI is InChI=1S/C28H26F2N6O4/c1-12(37)7-35-8-14-5-13(35)9-36(14)27-22-17-11-39-10-16(17)21(24(30)25(22)33-28(34-27)38-2)23-18(29)3-4-19-20(23)15(6-31)26(32)40-19/h3-4,12-14,37H,5,7-11,32H2,1-2H3. The van der Waals surface area contributed by atoms with Crippen molar-refractivity contribution in [1.29, 1.82) is 5.26 Å². The number of rotatable bonds is 5. The van der Waals surface area contributed by atoms with Crippen LogP contribution in [-0.2, 0) is 18.0 Å². The van der Waals surface area contributed by atoms with Crippen LogP contribution in [0.4, 0.5) is 20.5 Å². The molecule has 3 aliphatic heterocycles. The molecular formula is C28H26F2N6O4. The van der Waals surface area contributed by atoms with Gasteiger partial charge in [-0.3, -0.25) is 4.90 Å². The number of aromatic nitrogens is 2. The number of halogens is 2. The van der Waals surface area contributed by atoms with E-state index in [0.717, 1.165) is 13.0 Å². The highest BCUT2D eigenvalue weighted by molar-refractivity contribution is 6.05. The number of fused-ring (bicyclic) bond motifs is 6. The number of likely N-dealkylation sites (tertiary alicyclic amines) is 1. The second-order valence-electron chi connectivity index (χ2n) is 10.6. The van der Waals surface area contributed by atoms with E-state index in [1.165, 1.54) is 19.2 Å². The van der Waals surface area contributed by atoms with Gasteiger partial charge in [0.15, 0.2) is 5.82 Å². The van der Waals surface area contributed by atoms with Gasteiger partial charge in [-0.15, -0.1) is 0 Å². The van der Waals surface area contributed by atoms with Crippen molar-refractivity contribution in [2.75, 3.05) is 37.4 Å². The number of aliphatic hydroxyl groups is 1. The molecule has 206 valence electrons. The van der Waals surface area contributed by atoms with Gasteiger partial charge < -0.3 is 29.6 Å². The Morgan fingerprint density at radius 3 is 2.67 bits per heavy atom. The third-order valence-electron chi connectivity index (χ3n) is 8.26. The first-order valence-corrected chi connectivity index (χ1v) is 13.1. The lowest BCUT2D eigenvalue weighted by Crippen LogP contribution is -2.48. The van der Waals surface area contributed by atoms with E-state index in [1.807, 2.05) is 6.07 Å². The van der Waals surface area contributed by atoms with Crippen LogP contribution in [0.3, 0.4) is 0 Å². The van der Waals surface area contributed by atoms with Gasteiger partial charge in [0, 0.05) is 42.8 Å². The summed E-state index contributed by atoms with van der Waals surface area (Å²) in [7, 11) is 1.41. The van der Waals surface area contributed by atoms with Crippen molar-refractivity contribution in [3.63, 3.8) is 0 Å². The molecule has 2 aromatic heterocycles. The van der Waals surface area contributed by atoms with Gasteiger partial charge in [-0.25, -0.2) is 8.78 Å². The molecule has 2 saturated heterocycles. The Morgan fingerprint density at radius 2 is 1.98 bits per heavy atom. The van der Waals surface area contributed by atoms with E-state index < -0.39 is 17.7 Å². The van der Waals surface area contributed by atoms with Crippen molar-refractivity contribution in [2.24, 2.45) is 0 Å². The average molecular weight is 549 g/mol. The third-order valence-corrected chi connectivity index (χ3v) is 8.26. The van der Waals surface area contributed by atoms with Crippen molar-refractivity contribution < 1.29 is 27.8 Å². The van der Waals surface area contributed by atoms with Gasteiger partial charge in [-0.2, -0.15) is 15.2 Å². The summed E-state index contributed by atoms with van der Waals surface area (Å²) in [6, 6.07) is 4.83. The summed E-state index contributed by atoms with van der Waals surface area (Å²) in [6.45, 7) is 3.96. The maximum Gasteiger partial charge on any atom is 0.318 e. The number of benzene rings is 2. The van der Waals surface area contributed by atoms with Gasteiger partial charge in [-0.1, -0.05) is 0 Å². The van der Waals surface area contributed by atoms with Gasteiger partial charge in [0.05, 0.1) is 37.2 Å². The Hall–Kier alpha value is -4.05. The average Bonchev–Trinajstić information content (AvgIpc) is 3.71. The molecule has 2 fully saturated rings. The van der Waals surface area contributed by atoms with E-state index in [4.69, 9.17) is 19.6 Å². The summed E-state index contributed by atoms with van der Waals surface area (Å²) in [5.74, 6) is -1.12. The number of hydrogen-bond donors (Lipinski definition) is 2. The molecule has 5 heterocycles. The summed E-state index contributed by atoms with van der Waals surface area (Å²) in [6.07, 6.45) is 0.462. The van der Waals surface area contributed by atoms with Crippen molar-refractivity contribution >= 4 is 33.6 Å². The zero-order valence-electron chi connectivity index (χ0n) is 21.9. The Bertz CT molecular complexity index is 1750. The molecular weight excluding hydrogens is 522 g/mol. The second kappa shape index (κ2) is 8.99. The van der Waals surface area contributed by atoms with Crippen LogP contribution in [0.5, 0.6) is 6.01 Å². The first-order chi connectivity index (χ1) is 19.3. The monoisotopic (exact) mass is 548 g/mol. The zero-order chi connectivity index (χ0) is 27.9. The Labute approximate surface area is 227 Å². The summed E-state index contributed by atoms with van der Waals surface area (Å²) in [5.41, 5.74) is 6.97. The lowest BCUT2D eigenvalue weighted by Gasteiger charge is -2.36. The number of nitrogens with zero attached hydrogens (tertiary/aromatic N) is 5. The fourth-order valence-corrected chi connectivity index (χ4v) is 6.66. The first kappa shape index (κ1) is 25.0. The van der Waals surface area contributed by atoms with Crippen molar-refractivity contribution in [3.05, 3.63) is 40.5 Å². The van der Waals surface area contributed by atoms with Crippen molar-refractivity contribution in [3.8, 4) is 23.2 Å². The summed E-state index contributed by atoms with van der Waals surface area (Å²) >= 11 is 0. The van der Waals surface area contributed by atoms with Crippen LogP contribution in [0, 0.1) is 23.0 Å². The SMILES string of the molecule is COc1nc(N2CC3CC2CN3CC(C)O)c2c3c(c(-c4c(F)ccc5oc(N)c(C#N)c45)c(F)c2n1)COC3. The number of methoxy groups -OCH3 is 1. The van der Waals surface area contributed by atoms with Gasteiger partial charge in [0.2, 0.25) is 5.88 Å². The van der Waals surface area contributed by atoms with Crippen LogP contribution in [0.15, 0.2) is 16.5 Å². The lowest BCUT2D eigenvalue weighted by molar-refractivity contribution is 0.115. The van der Waals surface area contributed by atoms with Crippen LogP contribution < -0.4 is 15.4 Å². The second-order valence-corrected chi connectivity index (χ2v) is 10.6. The molecule has 2 bridgehead atoms. The molecule has 3 atom stereocenters. The van der Waals surface area contributed by atoms with Gasteiger partial charge in [-0.05, 0) is 36.6 Å². The Morgan fingerprint density at radius 1 is 1.18 bits per heavy atom. The van der Waals surface area contributed by atoms with E-state index >= 15 is 8.78 Å². The number of nitriles is 1. The molecule has 3 N–H and O–H groups in total. The van der Waals surface area contributed by atoms with Crippen molar-refractivity contribution in [2.45, 2.75) is 44.7 Å². The number of ether oxygens (including phenoxy) is 2. The molecule has 4 aromatic rings. The van der Waals surface area contributed by atoms with Crippen LogP contribution in [0.25, 0.3) is 33.0 Å². The van der Waals surface area contributed by atoms with Crippen LogP contribution in [-0.4, -0.2) is 64.9 Å². The minimum absolute atomic E-state index is 0.0150. The van der Waals surface area contributed by atoms with Gasteiger partial charge in [0.1, 0.15) is 34.4 Å². The topological polar surface area (TPSA) is 134 Å². The molecule has 3 unspecified atom stereocenters.